The van der Waals surface area contributed by atoms with Crippen LogP contribution in [0.25, 0.3) is 17.2 Å². The molecule has 3 N–H and O–H groups in total. The molecule has 4 aromatic rings. The number of rotatable bonds is 6. The van der Waals surface area contributed by atoms with Crippen molar-refractivity contribution < 1.29 is 31.1 Å². The van der Waals surface area contributed by atoms with Gasteiger partial charge in [-0.25, -0.2) is 24.3 Å². The smallest absolute Gasteiger partial charge is 0.383 e. The van der Waals surface area contributed by atoms with Crippen molar-refractivity contribution in [2.24, 2.45) is 0 Å². The number of halogens is 6. The average Bonchev–Trinajstić information content (AvgIpc) is 3.40. The van der Waals surface area contributed by atoms with Gasteiger partial charge in [0.15, 0.2) is 11.5 Å². The quantitative estimate of drug-likeness (QED) is 0.333. The lowest BCUT2D eigenvalue weighted by molar-refractivity contribution is -0.284. The molecule has 1 amide bonds. The number of nitrogen functional groups attached to an aromatic ring is 1. The Morgan fingerprint density at radius 2 is 1.77 bits per heavy atom. The Morgan fingerprint density at radius 1 is 1.08 bits per heavy atom. The molecular weight excluding hydrogens is 528 g/mol. The molecule has 0 spiro atoms. The van der Waals surface area contributed by atoms with Crippen molar-refractivity contribution in [1.82, 2.24) is 24.3 Å². The number of nitrogens with one attached hydrogen (secondary N) is 1. The summed E-state index contributed by atoms with van der Waals surface area (Å²) in [5, 5.41) is 2.65. The molecule has 39 heavy (non-hydrogen) atoms. The number of carbonyl (C=O) groups is 1. The number of imidazole rings is 1. The van der Waals surface area contributed by atoms with Gasteiger partial charge < -0.3 is 15.5 Å². The van der Waals surface area contributed by atoms with Crippen molar-refractivity contribution >= 4 is 23.2 Å². The van der Waals surface area contributed by atoms with Gasteiger partial charge in [0, 0.05) is 24.5 Å². The first-order valence-electron chi connectivity index (χ1n) is 11.8. The second kappa shape index (κ2) is 8.92. The van der Waals surface area contributed by atoms with E-state index in [9.17, 15) is 31.1 Å². The number of benzene rings is 1. The zero-order valence-electron chi connectivity index (χ0n) is 20.6. The second-order valence-corrected chi connectivity index (χ2v) is 9.31. The van der Waals surface area contributed by atoms with Gasteiger partial charge >= 0.3 is 12.1 Å². The molecule has 8 nitrogen and oxygen atoms in total. The van der Waals surface area contributed by atoms with Gasteiger partial charge in [0.2, 0.25) is 5.91 Å². The summed E-state index contributed by atoms with van der Waals surface area (Å²) in [6.45, 7) is 3.40. The molecule has 1 aromatic carbocycles. The first-order valence-corrected chi connectivity index (χ1v) is 11.8. The van der Waals surface area contributed by atoms with E-state index in [4.69, 9.17) is 5.73 Å². The highest BCUT2D eigenvalue weighted by Crippen LogP contribution is 2.45. The number of aryl methyl sites for hydroxylation is 2. The van der Waals surface area contributed by atoms with Crippen LogP contribution in [-0.2, 0) is 23.1 Å². The summed E-state index contributed by atoms with van der Waals surface area (Å²) in [7, 11) is 0. The second-order valence-electron chi connectivity index (χ2n) is 9.31. The summed E-state index contributed by atoms with van der Waals surface area (Å²) in [4.78, 5) is 30.2. The molecule has 0 bridgehead atoms. The summed E-state index contributed by atoms with van der Waals surface area (Å²) in [6, 6.07) is 5.30. The maximum absolute atomic E-state index is 13.7. The third-order valence-electron chi connectivity index (χ3n) is 6.86. The van der Waals surface area contributed by atoms with Crippen LogP contribution in [0, 0.1) is 5.82 Å². The molecule has 0 fully saturated rings. The van der Waals surface area contributed by atoms with Gasteiger partial charge in [-0.05, 0) is 37.5 Å². The molecule has 1 atom stereocenters. The molecule has 0 saturated heterocycles. The van der Waals surface area contributed by atoms with Crippen LogP contribution >= 0.6 is 0 Å². The Labute approximate surface area is 217 Å². The van der Waals surface area contributed by atoms with Crippen molar-refractivity contribution in [3.05, 3.63) is 65.0 Å². The largest absolute Gasteiger partial charge is 0.453 e. The molecule has 204 valence electrons. The van der Waals surface area contributed by atoms with E-state index in [2.05, 4.69) is 25.3 Å². The number of nitrogens with two attached hydrogens (primary N) is 1. The van der Waals surface area contributed by atoms with E-state index in [1.165, 1.54) is 41.1 Å². The Hall–Kier alpha value is -4.23. The number of aromatic nitrogens is 5. The average molecular weight is 549 g/mol. The van der Waals surface area contributed by atoms with Gasteiger partial charge in [-0.3, -0.25) is 4.79 Å². The number of hydrogen-bond donors (Lipinski definition) is 2. The number of hydrogen-bond acceptors (Lipinski definition) is 6. The van der Waals surface area contributed by atoms with E-state index >= 15 is 0 Å². The Balaban J connectivity index is 1.61. The topological polar surface area (TPSA) is 111 Å². The number of anilines is 2. The lowest BCUT2D eigenvalue weighted by Crippen LogP contribution is -2.36. The maximum Gasteiger partial charge on any atom is 0.453 e. The fourth-order valence-corrected chi connectivity index (χ4v) is 4.64. The molecule has 1 aliphatic heterocycles. The fourth-order valence-electron chi connectivity index (χ4n) is 4.64. The number of carbonyl (C=O) groups excluding carboxylic acids is 1. The van der Waals surface area contributed by atoms with Crippen LogP contribution in [-0.4, -0.2) is 42.3 Å². The fraction of sp³-hybridized carbons (Fsp3) is 0.320. The van der Waals surface area contributed by atoms with E-state index in [0.29, 0.717) is 17.7 Å². The predicted octanol–water partition coefficient (Wildman–Crippen LogP) is 4.86. The van der Waals surface area contributed by atoms with Gasteiger partial charge in [-0.15, -0.1) is 0 Å². The SMILES string of the molecule is CCc1cnc2c(CCC(F)(F)C(F)(F)F)nc(-c3nc(N)c4c(n3)NC(=O)C4(C)c3ccc(F)cc3)cn12. The van der Waals surface area contributed by atoms with Crippen molar-refractivity contribution in [2.75, 3.05) is 11.1 Å². The monoisotopic (exact) mass is 549 g/mol. The third-order valence-corrected chi connectivity index (χ3v) is 6.86. The molecule has 1 unspecified atom stereocenters. The molecule has 4 heterocycles. The van der Waals surface area contributed by atoms with Crippen LogP contribution in [0.4, 0.5) is 38.0 Å². The minimum absolute atomic E-state index is 0.0275. The summed E-state index contributed by atoms with van der Waals surface area (Å²) < 4.78 is 80.8. The van der Waals surface area contributed by atoms with Crippen LogP contribution in [0.2, 0.25) is 0 Å². The molecule has 0 saturated carbocycles. The summed E-state index contributed by atoms with van der Waals surface area (Å²) >= 11 is 0. The van der Waals surface area contributed by atoms with E-state index < -0.39 is 42.1 Å². The molecular formula is C25H21F6N7O. The van der Waals surface area contributed by atoms with Gasteiger partial charge in [0.05, 0.1) is 11.3 Å². The molecule has 1 aliphatic rings. The standard InChI is InChI=1S/C25H21F6N7O/c1-3-14-10-33-21-15(8-9-24(27,28)25(29,30)31)34-16(11-38(14)21)19-35-18(32)17-20(36-19)37-22(39)23(17,2)12-4-6-13(26)7-5-12/h4-7,10-11H,3,8-9H2,1-2H3,(H3,32,35,36,37,39). The molecule has 5 rings (SSSR count). The molecule has 14 heteroatoms. The highest BCUT2D eigenvalue weighted by atomic mass is 19.4. The lowest BCUT2D eigenvalue weighted by atomic mass is 9.78. The number of fused-ring (bicyclic) bond motifs is 2. The van der Waals surface area contributed by atoms with Gasteiger partial charge in [0.1, 0.15) is 28.6 Å². The summed E-state index contributed by atoms with van der Waals surface area (Å²) in [6.07, 6.45) is -4.55. The third kappa shape index (κ3) is 4.23. The van der Waals surface area contributed by atoms with Crippen molar-refractivity contribution in [3.63, 3.8) is 0 Å². The van der Waals surface area contributed by atoms with Crippen LogP contribution in [0.1, 0.15) is 42.8 Å². The Bertz CT molecular complexity index is 1600. The van der Waals surface area contributed by atoms with Crippen LogP contribution in [0.3, 0.4) is 0 Å². The Morgan fingerprint density at radius 3 is 2.41 bits per heavy atom. The van der Waals surface area contributed by atoms with Gasteiger partial charge in [-0.1, -0.05) is 19.1 Å². The van der Waals surface area contributed by atoms with Crippen molar-refractivity contribution in [3.8, 4) is 11.5 Å². The summed E-state index contributed by atoms with van der Waals surface area (Å²) in [5.74, 6) is -6.00. The zero-order chi connectivity index (χ0) is 28.3. The van der Waals surface area contributed by atoms with Crippen molar-refractivity contribution in [1.29, 1.82) is 0 Å². The maximum atomic E-state index is 13.7. The van der Waals surface area contributed by atoms with Crippen LogP contribution in [0.5, 0.6) is 0 Å². The van der Waals surface area contributed by atoms with Crippen LogP contribution in [0.15, 0.2) is 36.7 Å². The highest BCUT2D eigenvalue weighted by Gasteiger charge is 2.56. The number of nitrogens with zero attached hydrogens (tertiary/aromatic N) is 5. The highest BCUT2D eigenvalue weighted by molar-refractivity contribution is 6.09. The van der Waals surface area contributed by atoms with Crippen molar-refractivity contribution in [2.45, 2.75) is 50.6 Å². The van der Waals surface area contributed by atoms with Gasteiger partial charge in [0.25, 0.3) is 0 Å². The predicted molar refractivity (Wildman–Crippen MR) is 129 cm³/mol. The minimum Gasteiger partial charge on any atom is -0.383 e. The molecule has 0 aliphatic carbocycles. The van der Waals surface area contributed by atoms with E-state index in [1.54, 1.807) is 6.92 Å². The normalized spacial score (nSPS) is 17.5. The summed E-state index contributed by atoms with van der Waals surface area (Å²) in [5.41, 5.74) is 6.32. The lowest BCUT2D eigenvalue weighted by Gasteiger charge is -2.23. The first-order chi connectivity index (χ1) is 18.3. The van der Waals surface area contributed by atoms with E-state index in [1.807, 2.05) is 6.92 Å². The Kier molecular flexibility index (Phi) is 6.03. The van der Waals surface area contributed by atoms with E-state index in [-0.39, 0.29) is 40.1 Å². The molecule has 3 aromatic heterocycles. The number of alkyl halides is 5. The zero-order valence-corrected chi connectivity index (χ0v) is 20.6. The first kappa shape index (κ1) is 26.4. The van der Waals surface area contributed by atoms with Gasteiger partial charge in [-0.2, -0.15) is 22.0 Å². The number of amides is 1. The minimum atomic E-state index is -5.71. The van der Waals surface area contributed by atoms with Crippen LogP contribution < -0.4 is 11.1 Å². The molecule has 0 radical (unpaired) electrons. The van der Waals surface area contributed by atoms with E-state index in [0.717, 1.165) is 0 Å².